The van der Waals surface area contributed by atoms with Crippen molar-refractivity contribution in [2.75, 3.05) is 5.32 Å². The van der Waals surface area contributed by atoms with Gasteiger partial charge >= 0.3 is 5.97 Å². The number of nitrogens with zero attached hydrogens (tertiary/aromatic N) is 2. The number of aliphatic carboxylic acids is 1. The summed E-state index contributed by atoms with van der Waals surface area (Å²) in [4.78, 5) is 17.8. The third kappa shape index (κ3) is 2.65. The molecule has 76 valence electrons. The van der Waals surface area contributed by atoms with Crippen molar-refractivity contribution in [1.29, 1.82) is 0 Å². The zero-order valence-corrected chi connectivity index (χ0v) is 7.57. The van der Waals surface area contributed by atoms with Gasteiger partial charge in [-0.3, -0.25) is 0 Å². The zero-order chi connectivity index (χ0) is 10.6. The van der Waals surface area contributed by atoms with Crippen LogP contribution in [-0.4, -0.2) is 27.1 Å². The Hall–Kier alpha value is -1.72. The van der Waals surface area contributed by atoms with Crippen molar-refractivity contribution in [3.05, 3.63) is 18.2 Å². The number of rotatable bonds is 4. The normalized spacial score (nSPS) is 12.1. The second-order valence-electron chi connectivity index (χ2n) is 2.67. The van der Waals surface area contributed by atoms with Crippen LogP contribution in [-0.2, 0) is 4.79 Å². The van der Waals surface area contributed by atoms with Gasteiger partial charge in [-0.15, -0.1) is 0 Å². The van der Waals surface area contributed by atoms with E-state index in [1.54, 1.807) is 6.92 Å². The minimum absolute atomic E-state index is 0.112. The molecule has 1 aromatic rings. The quantitative estimate of drug-likeness (QED) is 0.753. The summed E-state index contributed by atoms with van der Waals surface area (Å²) in [5, 5.41) is 11.3. The third-order valence-electron chi connectivity index (χ3n) is 1.63. The van der Waals surface area contributed by atoms with Crippen molar-refractivity contribution in [3.8, 4) is 0 Å². The summed E-state index contributed by atoms with van der Waals surface area (Å²) in [7, 11) is 0. The Morgan fingerprint density at radius 1 is 1.64 bits per heavy atom. The first kappa shape index (κ1) is 10.4. The monoisotopic (exact) mass is 199 g/mol. The Balaban J connectivity index is 2.67. The number of halogens is 1. The molecule has 5 nitrogen and oxygen atoms in total. The molecule has 0 aromatic carbocycles. The molecule has 0 aliphatic rings. The molecule has 0 aliphatic heterocycles. The standard InChI is InChI=1S/C8H10FN3O2/c1-2-6(7(13)14)12-8-10-3-5(9)4-11-8/h3-4,6H,2H2,1H3,(H,13,14)(H,10,11,12). The van der Waals surface area contributed by atoms with E-state index in [0.29, 0.717) is 6.42 Å². The van der Waals surface area contributed by atoms with Crippen LogP contribution in [0.1, 0.15) is 13.3 Å². The van der Waals surface area contributed by atoms with Crippen LogP contribution < -0.4 is 5.32 Å². The van der Waals surface area contributed by atoms with E-state index in [9.17, 15) is 9.18 Å². The molecule has 1 aromatic heterocycles. The van der Waals surface area contributed by atoms with Gasteiger partial charge in [-0.25, -0.2) is 19.2 Å². The fourth-order valence-corrected chi connectivity index (χ4v) is 0.881. The highest BCUT2D eigenvalue weighted by molar-refractivity contribution is 5.76. The largest absolute Gasteiger partial charge is 0.480 e. The van der Waals surface area contributed by atoms with Gasteiger partial charge in [-0.1, -0.05) is 6.92 Å². The zero-order valence-electron chi connectivity index (χ0n) is 7.57. The smallest absolute Gasteiger partial charge is 0.326 e. The summed E-state index contributed by atoms with van der Waals surface area (Å²) in [6.07, 6.45) is 2.35. The lowest BCUT2D eigenvalue weighted by Gasteiger charge is -2.10. The van der Waals surface area contributed by atoms with Crippen LogP contribution in [0.25, 0.3) is 0 Å². The molecule has 0 radical (unpaired) electrons. The number of carboxylic acid groups (broad SMARTS) is 1. The maximum Gasteiger partial charge on any atom is 0.326 e. The molecule has 0 saturated heterocycles. The van der Waals surface area contributed by atoms with E-state index < -0.39 is 17.8 Å². The van der Waals surface area contributed by atoms with Gasteiger partial charge in [0.15, 0.2) is 5.82 Å². The van der Waals surface area contributed by atoms with Crippen molar-refractivity contribution in [2.24, 2.45) is 0 Å². The first-order valence-corrected chi connectivity index (χ1v) is 4.10. The van der Waals surface area contributed by atoms with E-state index >= 15 is 0 Å². The van der Waals surface area contributed by atoms with Crippen LogP contribution in [0.15, 0.2) is 12.4 Å². The van der Waals surface area contributed by atoms with E-state index in [-0.39, 0.29) is 5.95 Å². The molecule has 0 aliphatic carbocycles. The first-order valence-electron chi connectivity index (χ1n) is 4.10. The van der Waals surface area contributed by atoms with Gasteiger partial charge in [-0.2, -0.15) is 0 Å². The molecule has 2 N–H and O–H groups in total. The van der Waals surface area contributed by atoms with Crippen LogP contribution in [0, 0.1) is 5.82 Å². The number of aromatic nitrogens is 2. The van der Waals surface area contributed by atoms with Crippen LogP contribution in [0.3, 0.4) is 0 Å². The van der Waals surface area contributed by atoms with Gasteiger partial charge in [0.1, 0.15) is 6.04 Å². The average Bonchev–Trinajstić information content (AvgIpc) is 2.16. The van der Waals surface area contributed by atoms with Gasteiger partial charge in [0.2, 0.25) is 5.95 Å². The fourth-order valence-electron chi connectivity index (χ4n) is 0.881. The molecule has 0 saturated carbocycles. The van der Waals surface area contributed by atoms with Crippen LogP contribution >= 0.6 is 0 Å². The van der Waals surface area contributed by atoms with Gasteiger partial charge in [0.05, 0.1) is 12.4 Å². The van der Waals surface area contributed by atoms with E-state index in [2.05, 4.69) is 15.3 Å². The maximum atomic E-state index is 12.4. The van der Waals surface area contributed by atoms with Crippen molar-refractivity contribution >= 4 is 11.9 Å². The Labute approximate surface area is 80.0 Å². The molecule has 0 fully saturated rings. The molecular formula is C8H10FN3O2. The Kier molecular flexibility index (Phi) is 3.33. The Morgan fingerprint density at radius 3 is 2.64 bits per heavy atom. The van der Waals surface area contributed by atoms with E-state index in [1.165, 1.54) is 0 Å². The lowest BCUT2D eigenvalue weighted by Crippen LogP contribution is -2.29. The maximum absolute atomic E-state index is 12.4. The topological polar surface area (TPSA) is 75.1 Å². The highest BCUT2D eigenvalue weighted by Gasteiger charge is 2.15. The van der Waals surface area contributed by atoms with Gasteiger partial charge in [-0.05, 0) is 6.42 Å². The predicted molar refractivity (Wildman–Crippen MR) is 47.3 cm³/mol. The molecule has 6 heteroatoms. The summed E-state index contributed by atoms with van der Waals surface area (Å²) in [5.74, 6) is -1.43. The summed E-state index contributed by atoms with van der Waals surface area (Å²) >= 11 is 0. The third-order valence-corrected chi connectivity index (χ3v) is 1.63. The first-order chi connectivity index (χ1) is 6.63. The predicted octanol–water partition coefficient (Wildman–Crippen LogP) is 0.891. The molecule has 0 spiro atoms. The van der Waals surface area contributed by atoms with Crippen molar-refractivity contribution in [1.82, 2.24) is 9.97 Å². The second-order valence-corrected chi connectivity index (χ2v) is 2.67. The van der Waals surface area contributed by atoms with Gasteiger partial charge < -0.3 is 10.4 Å². The van der Waals surface area contributed by atoms with Gasteiger partial charge in [0.25, 0.3) is 0 Å². The van der Waals surface area contributed by atoms with Crippen molar-refractivity contribution in [2.45, 2.75) is 19.4 Å². The molecule has 1 rings (SSSR count). The fraction of sp³-hybridized carbons (Fsp3) is 0.375. The lowest BCUT2D eigenvalue weighted by molar-refractivity contribution is -0.137. The van der Waals surface area contributed by atoms with Crippen molar-refractivity contribution < 1.29 is 14.3 Å². The highest BCUT2D eigenvalue weighted by atomic mass is 19.1. The van der Waals surface area contributed by atoms with E-state index in [4.69, 9.17) is 5.11 Å². The Morgan fingerprint density at radius 2 is 2.21 bits per heavy atom. The minimum atomic E-state index is -0.986. The summed E-state index contributed by atoms with van der Waals surface area (Å²) < 4.78 is 12.4. The number of hydrogen-bond donors (Lipinski definition) is 2. The summed E-state index contributed by atoms with van der Waals surface area (Å²) in [5.41, 5.74) is 0. The molecule has 1 unspecified atom stereocenters. The minimum Gasteiger partial charge on any atom is -0.480 e. The average molecular weight is 199 g/mol. The molecular weight excluding hydrogens is 189 g/mol. The molecule has 14 heavy (non-hydrogen) atoms. The molecule has 1 atom stereocenters. The Bertz CT molecular complexity index is 315. The summed E-state index contributed by atoms with van der Waals surface area (Å²) in [6, 6.07) is -0.750. The molecule has 0 amide bonds. The number of anilines is 1. The van der Waals surface area contributed by atoms with Gasteiger partial charge in [0, 0.05) is 0 Å². The van der Waals surface area contributed by atoms with Crippen LogP contribution in [0.5, 0.6) is 0 Å². The highest BCUT2D eigenvalue weighted by Crippen LogP contribution is 2.03. The number of nitrogens with one attached hydrogen (secondary N) is 1. The molecule has 1 heterocycles. The van der Waals surface area contributed by atoms with Crippen LogP contribution in [0.2, 0.25) is 0 Å². The van der Waals surface area contributed by atoms with Crippen molar-refractivity contribution in [3.63, 3.8) is 0 Å². The number of carbonyl (C=O) groups is 1. The van der Waals surface area contributed by atoms with Crippen LogP contribution in [0.4, 0.5) is 10.3 Å². The van der Waals surface area contributed by atoms with E-state index in [1.807, 2.05) is 0 Å². The SMILES string of the molecule is CCC(Nc1ncc(F)cn1)C(=O)O. The van der Waals surface area contributed by atoms with E-state index in [0.717, 1.165) is 12.4 Å². The number of hydrogen-bond acceptors (Lipinski definition) is 4. The summed E-state index contributed by atoms with van der Waals surface area (Å²) in [6.45, 7) is 1.72. The lowest BCUT2D eigenvalue weighted by atomic mass is 10.2. The second kappa shape index (κ2) is 4.50. The molecule has 0 bridgehead atoms. The number of carboxylic acids is 1.